The summed E-state index contributed by atoms with van der Waals surface area (Å²) in [6.45, 7) is 6.77. The van der Waals surface area contributed by atoms with Crippen LogP contribution in [-0.2, 0) is 14.3 Å². The average Bonchev–Trinajstić information content (AvgIpc) is 2.78. The molecular formula is C27H28N2O5. The molecule has 1 atom stereocenters. The molecule has 7 nitrogen and oxygen atoms in total. The maximum absolute atomic E-state index is 12.7. The lowest BCUT2D eigenvalue weighted by Crippen LogP contribution is -2.30. The van der Waals surface area contributed by atoms with E-state index in [1.54, 1.807) is 39.0 Å². The number of nitrogens with one attached hydrogen (secondary N) is 2. The monoisotopic (exact) mass is 460 g/mol. The molecule has 0 saturated carbocycles. The fourth-order valence-electron chi connectivity index (χ4n) is 3.12. The zero-order chi connectivity index (χ0) is 24.7. The first-order chi connectivity index (χ1) is 16.1. The molecule has 0 spiro atoms. The largest absolute Gasteiger partial charge is 0.449 e. The maximum Gasteiger partial charge on any atom is 0.412 e. The van der Waals surface area contributed by atoms with E-state index in [9.17, 15) is 14.4 Å². The molecule has 3 aromatic rings. The van der Waals surface area contributed by atoms with Crippen molar-refractivity contribution in [3.63, 3.8) is 0 Å². The fourth-order valence-corrected chi connectivity index (χ4v) is 3.12. The van der Waals surface area contributed by atoms with Crippen molar-refractivity contribution in [2.75, 3.05) is 10.6 Å². The number of carbonyl (C=O) groups is 3. The molecule has 0 bridgehead atoms. The number of hydrogen-bond acceptors (Lipinski definition) is 5. The Balaban J connectivity index is 1.64. The standard InChI is InChI=1S/C27H28N2O5/c1-18(24(30)29-23-16-9-8-15-22(23)19-11-6-5-7-12-19)33-25(31)20-13-10-14-21(17-20)28-26(32)34-27(2,3)4/h5-18H,1-4H3,(H,28,32)(H,29,30). The average molecular weight is 461 g/mol. The van der Waals surface area contributed by atoms with Gasteiger partial charge in [-0.05, 0) is 57.5 Å². The van der Waals surface area contributed by atoms with Gasteiger partial charge in [-0.1, -0.05) is 54.6 Å². The molecule has 0 saturated heterocycles. The predicted molar refractivity (Wildman–Crippen MR) is 132 cm³/mol. The van der Waals surface area contributed by atoms with Crippen LogP contribution in [0.25, 0.3) is 11.1 Å². The van der Waals surface area contributed by atoms with Crippen molar-refractivity contribution < 1.29 is 23.9 Å². The zero-order valence-electron chi connectivity index (χ0n) is 19.6. The summed E-state index contributed by atoms with van der Waals surface area (Å²) in [6.07, 6.45) is -1.68. The molecule has 3 aromatic carbocycles. The molecule has 34 heavy (non-hydrogen) atoms. The second-order valence-corrected chi connectivity index (χ2v) is 8.66. The van der Waals surface area contributed by atoms with Crippen molar-refractivity contribution >= 4 is 29.3 Å². The Labute approximate surface area is 199 Å². The van der Waals surface area contributed by atoms with E-state index in [-0.39, 0.29) is 5.56 Å². The Kier molecular flexibility index (Phi) is 7.68. The van der Waals surface area contributed by atoms with Crippen molar-refractivity contribution in [3.8, 4) is 11.1 Å². The Morgan fingerprint density at radius 3 is 2.21 bits per heavy atom. The van der Waals surface area contributed by atoms with Crippen molar-refractivity contribution in [1.82, 2.24) is 0 Å². The minimum atomic E-state index is -1.04. The van der Waals surface area contributed by atoms with E-state index in [0.717, 1.165) is 11.1 Å². The number of para-hydroxylation sites is 1. The van der Waals surface area contributed by atoms with Crippen LogP contribution >= 0.6 is 0 Å². The lowest BCUT2D eigenvalue weighted by atomic mass is 10.0. The van der Waals surface area contributed by atoms with Crippen molar-refractivity contribution in [2.24, 2.45) is 0 Å². The number of esters is 1. The number of ether oxygens (including phenoxy) is 2. The van der Waals surface area contributed by atoms with Crippen LogP contribution in [0.2, 0.25) is 0 Å². The van der Waals surface area contributed by atoms with E-state index >= 15 is 0 Å². The van der Waals surface area contributed by atoms with Crippen LogP contribution in [0, 0.1) is 0 Å². The van der Waals surface area contributed by atoms with Gasteiger partial charge in [0, 0.05) is 16.9 Å². The first-order valence-electron chi connectivity index (χ1n) is 10.9. The zero-order valence-corrected chi connectivity index (χ0v) is 19.6. The summed E-state index contributed by atoms with van der Waals surface area (Å²) < 4.78 is 10.6. The van der Waals surface area contributed by atoms with Gasteiger partial charge in [0.25, 0.3) is 5.91 Å². The minimum Gasteiger partial charge on any atom is -0.449 e. The van der Waals surface area contributed by atoms with Gasteiger partial charge in [-0.25, -0.2) is 9.59 Å². The number of hydrogen-bond donors (Lipinski definition) is 2. The van der Waals surface area contributed by atoms with Gasteiger partial charge in [0.1, 0.15) is 5.60 Å². The van der Waals surface area contributed by atoms with Crippen LogP contribution in [0.15, 0.2) is 78.9 Å². The Morgan fingerprint density at radius 1 is 0.824 bits per heavy atom. The van der Waals surface area contributed by atoms with Crippen LogP contribution in [-0.4, -0.2) is 29.7 Å². The number of carbonyl (C=O) groups excluding carboxylic acids is 3. The summed E-state index contributed by atoms with van der Waals surface area (Å²) in [5.74, 6) is -1.15. The van der Waals surface area contributed by atoms with Gasteiger partial charge in [0.2, 0.25) is 0 Å². The van der Waals surface area contributed by atoms with Crippen LogP contribution in [0.4, 0.5) is 16.2 Å². The predicted octanol–water partition coefficient (Wildman–Crippen LogP) is 5.88. The van der Waals surface area contributed by atoms with Gasteiger partial charge in [-0.15, -0.1) is 0 Å². The van der Waals surface area contributed by atoms with Crippen LogP contribution in [0.1, 0.15) is 38.1 Å². The van der Waals surface area contributed by atoms with Crippen LogP contribution < -0.4 is 10.6 Å². The lowest BCUT2D eigenvalue weighted by molar-refractivity contribution is -0.123. The second-order valence-electron chi connectivity index (χ2n) is 8.66. The molecule has 1 unspecified atom stereocenters. The fraction of sp³-hybridized carbons (Fsp3) is 0.222. The third-order valence-corrected chi connectivity index (χ3v) is 4.67. The van der Waals surface area contributed by atoms with Crippen molar-refractivity contribution in [3.05, 3.63) is 84.4 Å². The van der Waals surface area contributed by atoms with E-state index in [1.165, 1.54) is 19.1 Å². The minimum absolute atomic E-state index is 0.192. The Hall–Kier alpha value is -4.13. The van der Waals surface area contributed by atoms with E-state index in [1.807, 2.05) is 48.5 Å². The highest BCUT2D eigenvalue weighted by Crippen LogP contribution is 2.27. The maximum atomic E-state index is 12.7. The molecule has 0 radical (unpaired) electrons. The quantitative estimate of drug-likeness (QED) is 0.448. The highest BCUT2D eigenvalue weighted by atomic mass is 16.6. The number of rotatable bonds is 6. The van der Waals surface area contributed by atoms with Gasteiger partial charge in [-0.3, -0.25) is 10.1 Å². The first-order valence-corrected chi connectivity index (χ1v) is 10.9. The van der Waals surface area contributed by atoms with Crippen LogP contribution in [0.5, 0.6) is 0 Å². The summed E-state index contributed by atoms with van der Waals surface area (Å²) in [6, 6.07) is 23.3. The van der Waals surface area contributed by atoms with E-state index < -0.39 is 29.7 Å². The van der Waals surface area contributed by atoms with Crippen molar-refractivity contribution in [1.29, 1.82) is 0 Å². The normalized spacial score (nSPS) is 11.8. The summed E-state index contributed by atoms with van der Waals surface area (Å²) in [5, 5.41) is 5.41. The number of amides is 2. The van der Waals surface area contributed by atoms with Gasteiger partial charge >= 0.3 is 12.1 Å². The Morgan fingerprint density at radius 2 is 1.50 bits per heavy atom. The van der Waals surface area contributed by atoms with E-state index in [2.05, 4.69) is 10.6 Å². The first kappa shape index (κ1) is 24.5. The molecule has 2 amide bonds. The molecule has 0 aliphatic rings. The molecule has 0 fully saturated rings. The Bertz CT molecular complexity index is 1170. The van der Waals surface area contributed by atoms with Crippen LogP contribution in [0.3, 0.4) is 0 Å². The summed E-state index contributed by atoms with van der Waals surface area (Å²) in [5.41, 5.74) is 2.34. The van der Waals surface area contributed by atoms with Crippen molar-refractivity contribution in [2.45, 2.75) is 39.4 Å². The highest BCUT2D eigenvalue weighted by molar-refractivity contribution is 6.00. The molecule has 176 valence electrons. The third kappa shape index (κ3) is 6.93. The lowest BCUT2D eigenvalue weighted by Gasteiger charge is -2.19. The topological polar surface area (TPSA) is 93.7 Å². The molecule has 0 aliphatic carbocycles. The molecule has 0 aromatic heterocycles. The molecule has 0 heterocycles. The highest BCUT2D eigenvalue weighted by Gasteiger charge is 2.21. The van der Waals surface area contributed by atoms with E-state index in [4.69, 9.17) is 9.47 Å². The van der Waals surface area contributed by atoms with Gasteiger partial charge in [0.15, 0.2) is 6.10 Å². The molecule has 3 rings (SSSR count). The van der Waals surface area contributed by atoms with Gasteiger partial charge in [-0.2, -0.15) is 0 Å². The molecule has 2 N–H and O–H groups in total. The third-order valence-electron chi connectivity index (χ3n) is 4.67. The van der Waals surface area contributed by atoms with Gasteiger partial charge in [0.05, 0.1) is 5.56 Å². The summed E-state index contributed by atoms with van der Waals surface area (Å²) in [4.78, 5) is 37.3. The summed E-state index contributed by atoms with van der Waals surface area (Å²) >= 11 is 0. The molecule has 7 heteroatoms. The molecular weight excluding hydrogens is 432 g/mol. The van der Waals surface area contributed by atoms with Gasteiger partial charge < -0.3 is 14.8 Å². The van der Waals surface area contributed by atoms with E-state index in [0.29, 0.717) is 11.4 Å². The second kappa shape index (κ2) is 10.7. The number of benzene rings is 3. The number of anilines is 2. The smallest absolute Gasteiger partial charge is 0.412 e. The SMILES string of the molecule is CC(OC(=O)c1cccc(NC(=O)OC(C)(C)C)c1)C(=O)Nc1ccccc1-c1ccccc1. The summed E-state index contributed by atoms with van der Waals surface area (Å²) in [7, 11) is 0. The molecule has 0 aliphatic heterocycles.